The Morgan fingerprint density at radius 2 is 1.68 bits per heavy atom. The van der Waals surface area contributed by atoms with Crippen molar-refractivity contribution >= 4 is 5.91 Å². The lowest BCUT2D eigenvalue weighted by atomic mass is 10.0. The predicted octanol–water partition coefficient (Wildman–Crippen LogP) is 4.20. The summed E-state index contributed by atoms with van der Waals surface area (Å²) in [4.78, 5) is 14.9. The molecule has 0 aromatic heterocycles. The maximum Gasteiger partial charge on any atom is 0.251 e. The van der Waals surface area contributed by atoms with E-state index >= 15 is 0 Å². The summed E-state index contributed by atoms with van der Waals surface area (Å²) < 4.78 is 0. The SMILES string of the molecule is CC(C)c1ccc(C(=O)NC2CCN(Cc3ccccc3)CC2)cc1. The summed E-state index contributed by atoms with van der Waals surface area (Å²) in [7, 11) is 0. The van der Waals surface area contributed by atoms with Crippen molar-refractivity contribution in [2.45, 2.75) is 45.2 Å². The highest BCUT2D eigenvalue weighted by Crippen LogP contribution is 2.16. The molecule has 132 valence electrons. The van der Waals surface area contributed by atoms with E-state index in [-0.39, 0.29) is 11.9 Å². The fraction of sp³-hybridized carbons (Fsp3) is 0.409. The first-order chi connectivity index (χ1) is 12.1. The van der Waals surface area contributed by atoms with Crippen molar-refractivity contribution in [3.8, 4) is 0 Å². The number of rotatable bonds is 5. The minimum absolute atomic E-state index is 0.0526. The predicted molar refractivity (Wildman–Crippen MR) is 103 cm³/mol. The van der Waals surface area contributed by atoms with Crippen LogP contribution in [0.15, 0.2) is 54.6 Å². The second kappa shape index (κ2) is 8.30. The summed E-state index contributed by atoms with van der Waals surface area (Å²) in [5, 5.41) is 3.20. The molecular weight excluding hydrogens is 308 g/mol. The van der Waals surface area contributed by atoms with E-state index in [0.717, 1.165) is 38.0 Å². The van der Waals surface area contributed by atoms with Crippen molar-refractivity contribution in [3.05, 3.63) is 71.3 Å². The molecule has 3 heteroatoms. The van der Waals surface area contributed by atoms with Gasteiger partial charge in [-0.25, -0.2) is 0 Å². The van der Waals surface area contributed by atoms with Crippen LogP contribution < -0.4 is 5.32 Å². The van der Waals surface area contributed by atoms with Crippen LogP contribution in [0.25, 0.3) is 0 Å². The molecule has 0 aliphatic carbocycles. The highest BCUT2D eigenvalue weighted by molar-refractivity contribution is 5.94. The summed E-state index contributed by atoms with van der Waals surface area (Å²) in [6.45, 7) is 7.40. The number of hydrogen-bond donors (Lipinski definition) is 1. The average molecular weight is 336 g/mol. The molecular formula is C22H28N2O. The summed E-state index contributed by atoms with van der Waals surface area (Å²) in [5.74, 6) is 0.544. The van der Waals surface area contributed by atoms with E-state index in [4.69, 9.17) is 0 Å². The van der Waals surface area contributed by atoms with E-state index in [0.29, 0.717) is 5.92 Å². The minimum atomic E-state index is 0.0526. The van der Waals surface area contributed by atoms with Crippen LogP contribution in [0.2, 0.25) is 0 Å². The van der Waals surface area contributed by atoms with Crippen LogP contribution in [-0.4, -0.2) is 29.9 Å². The Morgan fingerprint density at radius 1 is 1.04 bits per heavy atom. The van der Waals surface area contributed by atoms with Gasteiger partial charge in [-0.05, 0) is 42.0 Å². The molecule has 0 spiro atoms. The number of amides is 1. The second-order valence-electron chi connectivity index (χ2n) is 7.29. The zero-order chi connectivity index (χ0) is 17.6. The van der Waals surface area contributed by atoms with Crippen molar-refractivity contribution in [1.82, 2.24) is 10.2 Å². The number of nitrogens with zero attached hydrogens (tertiary/aromatic N) is 1. The molecule has 2 aromatic rings. The number of likely N-dealkylation sites (tertiary alicyclic amines) is 1. The average Bonchev–Trinajstić information content (AvgIpc) is 2.64. The van der Waals surface area contributed by atoms with Gasteiger partial charge in [-0.1, -0.05) is 56.3 Å². The van der Waals surface area contributed by atoms with Gasteiger partial charge in [0.15, 0.2) is 0 Å². The first-order valence-electron chi connectivity index (χ1n) is 9.29. The molecule has 3 rings (SSSR count). The normalized spacial score (nSPS) is 16.1. The van der Waals surface area contributed by atoms with E-state index in [1.54, 1.807) is 0 Å². The zero-order valence-electron chi connectivity index (χ0n) is 15.2. The molecule has 25 heavy (non-hydrogen) atoms. The van der Waals surface area contributed by atoms with Gasteiger partial charge in [-0.2, -0.15) is 0 Å². The maximum absolute atomic E-state index is 12.4. The zero-order valence-corrected chi connectivity index (χ0v) is 15.2. The summed E-state index contributed by atoms with van der Waals surface area (Å²) >= 11 is 0. The largest absolute Gasteiger partial charge is 0.349 e. The van der Waals surface area contributed by atoms with Gasteiger partial charge < -0.3 is 5.32 Å². The lowest BCUT2D eigenvalue weighted by molar-refractivity contribution is 0.0909. The Bertz CT molecular complexity index is 671. The van der Waals surface area contributed by atoms with Crippen LogP contribution in [0.1, 0.15) is 54.1 Å². The molecule has 2 aromatic carbocycles. The lowest BCUT2D eigenvalue weighted by Gasteiger charge is -2.32. The molecule has 0 bridgehead atoms. The van der Waals surface area contributed by atoms with Gasteiger partial charge in [0.05, 0.1) is 0 Å². The van der Waals surface area contributed by atoms with Gasteiger partial charge in [0, 0.05) is 31.2 Å². The van der Waals surface area contributed by atoms with Crippen LogP contribution in [0, 0.1) is 0 Å². The fourth-order valence-corrected chi connectivity index (χ4v) is 3.37. The van der Waals surface area contributed by atoms with Gasteiger partial charge >= 0.3 is 0 Å². The Balaban J connectivity index is 1.47. The molecule has 1 N–H and O–H groups in total. The highest BCUT2D eigenvalue weighted by atomic mass is 16.1. The van der Waals surface area contributed by atoms with Crippen molar-refractivity contribution in [3.63, 3.8) is 0 Å². The first-order valence-corrected chi connectivity index (χ1v) is 9.29. The molecule has 0 saturated carbocycles. The number of benzene rings is 2. The summed E-state index contributed by atoms with van der Waals surface area (Å²) in [5.41, 5.74) is 3.39. The Morgan fingerprint density at radius 3 is 2.28 bits per heavy atom. The quantitative estimate of drug-likeness (QED) is 0.887. The Labute approximate surface area is 151 Å². The van der Waals surface area contributed by atoms with Crippen molar-refractivity contribution in [2.24, 2.45) is 0 Å². The molecule has 0 radical (unpaired) electrons. The molecule has 0 atom stereocenters. The first kappa shape index (κ1) is 17.7. The lowest BCUT2D eigenvalue weighted by Crippen LogP contribution is -2.44. The van der Waals surface area contributed by atoms with Gasteiger partial charge in [-0.3, -0.25) is 9.69 Å². The topological polar surface area (TPSA) is 32.3 Å². The van der Waals surface area contributed by atoms with E-state index in [9.17, 15) is 4.79 Å². The Hall–Kier alpha value is -2.13. The van der Waals surface area contributed by atoms with Crippen LogP contribution in [0.4, 0.5) is 0 Å². The standard InChI is InChI=1S/C22H28N2O/c1-17(2)19-8-10-20(11-9-19)22(25)23-21-12-14-24(15-13-21)16-18-6-4-3-5-7-18/h3-11,17,21H,12-16H2,1-2H3,(H,23,25). The number of hydrogen-bond acceptors (Lipinski definition) is 2. The third-order valence-corrected chi connectivity index (χ3v) is 5.01. The molecule has 1 heterocycles. The smallest absolute Gasteiger partial charge is 0.251 e. The van der Waals surface area contributed by atoms with E-state index in [1.165, 1.54) is 11.1 Å². The highest BCUT2D eigenvalue weighted by Gasteiger charge is 2.21. The molecule has 1 amide bonds. The molecule has 1 aliphatic heterocycles. The van der Waals surface area contributed by atoms with Gasteiger partial charge in [0.2, 0.25) is 0 Å². The third kappa shape index (κ3) is 4.93. The molecule has 1 fully saturated rings. The van der Waals surface area contributed by atoms with Crippen molar-refractivity contribution in [1.29, 1.82) is 0 Å². The van der Waals surface area contributed by atoms with E-state index in [1.807, 2.05) is 12.1 Å². The Kier molecular flexibility index (Phi) is 5.87. The fourth-order valence-electron chi connectivity index (χ4n) is 3.37. The van der Waals surface area contributed by atoms with E-state index in [2.05, 4.69) is 66.5 Å². The molecule has 1 saturated heterocycles. The van der Waals surface area contributed by atoms with Crippen LogP contribution in [-0.2, 0) is 6.54 Å². The van der Waals surface area contributed by atoms with E-state index < -0.39 is 0 Å². The van der Waals surface area contributed by atoms with Crippen LogP contribution in [0.5, 0.6) is 0 Å². The number of carbonyl (C=O) groups is 1. The van der Waals surface area contributed by atoms with Gasteiger partial charge in [0.25, 0.3) is 5.91 Å². The number of piperidine rings is 1. The third-order valence-electron chi connectivity index (χ3n) is 5.01. The summed E-state index contributed by atoms with van der Waals surface area (Å²) in [6, 6.07) is 18.9. The molecule has 1 aliphatic rings. The monoisotopic (exact) mass is 336 g/mol. The van der Waals surface area contributed by atoms with Gasteiger partial charge in [-0.15, -0.1) is 0 Å². The minimum Gasteiger partial charge on any atom is -0.349 e. The van der Waals surface area contributed by atoms with Gasteiger partial charge in [0.1, 0.15) is 0 Å². The second-order valence-corrected chi connectivity index (χ2v) is 7.29. The number of nitrogens with one attached hydrogen (secondary N) is 1. The summed E-state index contributed by atoms with van der Waals surface area (Å²) in [6.07, 6.45) is 2.03. The van der Waals surface area contributed by atoms with Crippen molar-refractivity contribution < 1.29 is 4.79 Å². The maximum atomic E-state index is 12.4. The number of carbonyl (C=O) groups excluding carboxylic acids is 1. The molecule has 3 nitrogen and oxygen atoms in total. The van der Waals surface area contributed by atoms with Crippen LogP contribution >= 0.6 is 0 Å². The van der Waals surface area contributed by atoms with Crippen LogP contribution in [0.3, 0.4) is 0 Å². The van der Waals surface area contributed by atoms with Crippen molar-refractivity contribution in [2.75, 3.05) is 13.1 Å². The molecule has 0 unspecified atom stereocenters.